The highest BCUT2D eigenvalue weighted by atomic mass is 32.1. The van der Waals surface area contributed by atoms with Gasteiger partial charge in [-0.3, -0.25) is 4.79 Å². The number of hydrogen-bond donors (Lipinski definition) is 2. The van der Waals surface area contributed by atoms with Crippen molar-refractivity contribution < 1.29 is 14.6 Å². The zero-order valence-corrected chi connectivity index (χ0v) is 5.17. The third-order valence-corrected chi connectivity index (χ3v) is 1.06. The predicted octanol–water partition coefficient (Wildman–Crippen LogP) is -0.550. The van der Waals surface area contributed by atoms with Crippen molar-refractivity contribution in [2.24, 2.45) is 0 Å². The zero-order valence-electron chi connectivity index (χ0n) is 4.28. The van der Waals surface area contributed by atoms with Crippen LogP contribution in [0.3, 0.4) is 0 Å². The average Bonchev–Trinajstić information content (AvgIpc) is 1.83. The van der Waals surface area contributed by atoms with E-state index in [9.17, 15) is 4.79 Å². The molecule has 0 radical (unpaired) electrons. The maximum absolute atomic E-state index is 9.57. The summed E-state index contributed by atoms with van der Waals surface area (Å²) in [5, 5.41) is 8.32. The first-order valence-electron chi connectivity index (χ1n) is 2.16. The molecule has 4 heteroatoms. The van der Waals surface area contributed by atoms with Gasteiger partial charge in [-0.2, -0.15) is 12.6 Å². The molecule has 1 unspecified atom stereocenters. The van der Waals surface area contributed by atoms with Gasteiger partial charge >= 0.3 is 0 Å². The van der Waals surface area contributed by atoms with Crippen LogP contribution < -0.4 is 0 Å². The third kappa shape index (κ3) is 2.87. The van der Waals surface area contributed by atoms with Crippen LogP contribution in [0.4, 0.5) is 0 Å². The van der Waals surface area contributed by atoms with E-state index < -0.39 is 6.10 Å². The molecule has 0 aromatic carbocycles. The van der Waals surface area contributed by atoms with Crippen molar-refractivity contribution in [1.29, 1.82) is 0 Å². The summed E-state index contributed by atoms with van der Waals surface area (Å²) >= 11 is 3.79. The fourth-order valence-corrected chi connectivity index (χ4v) is 0.424. The number of ether oxygens (including phenoxy) is 1. The van der Waals surface area contributed by atoms with Gasteiger partial charge in [0.05, 0.1) is 6.61 Å². The first-order chi connectivity index (χ1) is 3.85. The lowest BCUT2D eigenvalue weighted by molar-refractivity contribution is -0.134. The first kappa shape index (κ1) is 7.78. The molecule has 0 aliphatic carbocycles. The Morgan fingerprint density at radius 3 is 2.62 bits per heavy atom. The Morgan fingerprint density at radius 2 is 2.50 bits per heavy atom. The molecule has 0 saturated carbocycles. The minimum absolute atomic E-state index is 0.164. The molecule has 3 nitrogen and oxygen atoms in total. The van der Waals surface area contributed by atoms with Crippen molar-refractivity contribution in [3.63, 3.8) is 0 Å². The predicted molar refractivity (Wildman–Crippen MR) is 31.9 cm³/mol. The minimum atomic E-state index is -0.448. The van der Waals surface area contributed by atoms with Crippen LogP contribution in [0.25, 0.3) is 0 Å². The molecule has 0 amide bonds. The van der Waals surface area contributed by atoms with Crippen LogP contribution in [0.5, 0.6) is 0 Å². The smallest absolute Gasteiger partial charge is 0.293 e. The summed E-state index contributed by atoms with van der Waals surface area (Å²) in [6, 6.07) is 0. The topological polar surface area (TPSA) is 46.5 Å². The van der Waals surface area contributed by atoms with Crippen LogP contribution in [0.2, 0.25) is 0 Å². The van der Waals surface area contributed by atoms with Gasteiger partial charge in [-0.05, 0) is 0 Å². The van der Waals surface area contributed by atoms with Gasteiger partial charge in [0.2, 0.25) is 0 Å². The molecule has 48 valence electrons. The Labute approximate surface area is 53.1 Å². The molecule has 0 fully saturated rings. The van der Waals surface area contributed by atoms with Crippen molar-refractivity contribution in [1.82, 2.24) is 0 Å². The van der Waals surface area contributed by atoms with E-state index in [1.54, 1.807) is 0 Å². The van der Waals surface area contributed by atoms with Crippen LogP contribution in [-0.4, -0.2) is 30.0 Å². The fourth-order valence-electron chi connectivity index (χ4n) is 0.222. The highest BCUT2D eigenvalue weighted by Crippen LogP contribution is 1.89. The standard InChI is InChI=1S/C4H8O3S/c5-1-4(2-8)7-3-6/h3-5,8H,1-2H2. The van der Waals surface area contributed by atoms with E-state index in [2.05, 4.69) is 17.4 Å². The lowest BCUT2D eigenvalue weighted by Gasteiger charge is -2.06. The molecule has 0 aromatic heterocycles. The van der Waals surface area contributed by atoms with Gasteiger partial charge in [-0.1, -0.05) is 0 Å². The summed E-state index contributed by atoms with van der Waals surface area (Å²) in [6.07, 6.45) is -0.448. The van der Waals surface area contributed by atoms with Crippen molar-refractivity contribution >= 4 is 19.1 Å². The van der Waals surface area contributed by atoms with Crippen LogP contribution in [0.15, 0.2) is 0 Å². The maximum Gasteiger partial charge on any atom is 0.293 e. The molecule has 0 aliphatic heterocycles. The summed E-state index contributed by atoms with van der Waals surface area (Å²) in [4.78, 5) is 9.57. The van der Waals surface area contributed by atoms with Crippen LogP contribution in [0.1, 0.15) is 0 Å². The van der Waals surface area contributed by atoms with Crippen LogP contribution >= 0.6 is 12.6 Å². The normalized spacial score (nSPS) is 12.8. The fraction of sp³-hybridized carbons (Fsp3) is 0.750. The molecule has 0 heterocycles. The quantitative estimate of drug-likeness (QED) is 0.402. The largest absolute Gasteiger partial charge is 0.461 e. The Bertz CT molecular complexity index is 62.3. The van der Waals surface area contributed by atoms with Crippen LogP contribution in [-0.2, 0) is 9.53 Å². The maximum atomic E-state index is 9.57. The number of aliphatic hydroxyl groups excluding tert-OH is 1. The van der Waals surface area contributed by atoms with Gasteiger partial charge in [-0.25, -0.2) is 0 Å². The molecular weight excluding hydrogens is 128 g/mol. The summed E-state index contributed by atoms with van der Waals surface area (Å²) in [5.74, 6) is 0.356. The monoisotopic (exact) mass is 136 g/mol. The number of carbonyl (C=O) groups is 1. The highest BCUT2D eigenvalue weighted by molar-refractivity contribution is 7.80. The summed E-state index contributed by atoms with van der Waals surface area (Å²) < 4.78 is 4.33. The second-order valence-corrected chi connectivity index (χ2v) is 1.58. The van der Waals surface area contributed by atoms with E-state index in [0.29, 0.717) is 12.2 Å². The Balaban J connectivity index is 3.20. The molecule has 1 N–H and O–H groups in total. The van der Waals surface area contributed by atoms with Gasteiger partial charge in [-0.15, -0.1) is 0 Å². The minimum Gasteiger partial charge on any atom is -0.461 e. The second kappa shape index (κ2) is 4.93. The molecule has 0 rings (SSSR count). The van der Waals surface area contributed by atoms with E-state index in [1.807, 2.05) is 0 Å². The van der Waals surface area contributed by atoms with Gasteiger partial charge in [0.1, 0.15) is 6.10 Å². The summed E-state index contributed by atoms with van der Waals surface area (Å²) in [7, 11) is 0. The number of thiol groups is 1. The number of hydrogen-bond acceptors (Lipinski definition) is 4. The number of carbonyl (C=O) groups excluding carboxylic acids is 1. The number of rotatable bonds is 4. The van der Waals surface area contributed by atoms with E-state index in [0.717, 1.165) is 0 Å². The van der Waals surface area contributed by atoms with E-state index in [-0.39, 0.29) is 6.61 Å². The summed E-state index contributed by atoms with van der Waals surface area (Å²) in [5.41, 5.74) is 0. The zero-order chi connectivity index (χ0) is 6.41. The van der Waals surface area contributed by atoms with Crippen LogP contribution in [0, 0.1) is 0 Å². The first-order valence-corrected chi connectivity index (χ1v) is 2.79. The van der Waals surface area contributed by atoms with E-state index in [4.69, 9.17) is 5.11 Å². The molecular formula is C4H8O3S. The van der Waals surface area contributed by atoms with Crippen molar-refractivity contribution in [2.75, 3.05) is 12.4 Å². The SMILES string of the molecule is O=COC(CO)CS. The van der Waals surface area contributed by atoms with Gasteiger partial charge < -0.3 is 9.84 Å². The molecule has 8 heavy (non-hydrogen) atoms. The van der Waals surface area contributed by atoms with Gasteiger partial charge in [0.15, 0.2) is 0 Å². The Kier molecular flexibility index (Phi) is 4.79. The van der Waals surface area contributed by atoms with Crippen molar-refractivity contribution in [2.45, 2.75) is 6.10 Å². The Morgan fingerprint density at radius 1 is 1.88 bits per heavy atom. The van der Waals surface area contributed by atoms with E-state index in [1.165, 1.54) is 0 Å². The average molecular weight is 136 g/mol. The number of aliphatic hydroxyl groups is 1. The highest BCUT2D eigenvalue weighted by Gasteiger charge is 2.01. The molecule has 1 atom stereocenters. The molecule has 0 aliphatic rings. The van der Waals surface area contributed by atoms with Crippen molar-refractivity contribution in [3.8, 4) is 0 Å². The molecule has 0 spiro atoms. The third-order valence-electron chi connectivity index (χ3n) is 0.655. The second-order valence-electron chi connectivity index (χ2n) is 1.22. The summed E-state index contributed by atoms with van der Waals surface area (Å²) in [6.45, 7) is 0.138. The molecule has 0 bridgehead atoms. The van der Waals surface area contributed by atoms with Gasteiger partial charge in [0.25, 0.3) is 6.47 Å². The van der Waals surface area contributed by atoms with E-state index >= 15 is 0 Å². The van der Waals surface area contributed by atoms with Crippen molar-refractivity contribution in [3.05, 3.63) is 0 Å². The van der Waals surface area contributed by atoms with Gasteiger partial charge in [0, 0.05) is 5.75 Å². The molecule has 0 aromatic rings. The lowest BCUT2D eigenvalue weighted by atomic mass is 10.4. The lowest BCUT2D eigenvalue weighted by Crippen LogP contribution is -2.18. The molecule has 0 saturated heterocycles. The Hall–Kier alpha value is -0.220.